The number of hydrogen-bond acceptors (Lipinski definition) is 3. The van der Waals surface area contributed by atoms with Gasteiger partial charge in [0, 0.05) is 13.1 Å². The van der Waals surface area contributed by atoms with Gasteiger partial charge in [-0.15, -0.1) is 0 Å². The Labute approximate surface area is 171 Å². The van der Waals surface area contributed by atoms with Crippen molar-refractivity contribution in [3.05, 3.63) is 0 Å². The third-order valence-electron chi connectivity index (χ3n) is 10.4. The zero-order valence-electron chi connectivity index (χ0n) is 18.5. The summed E-state index contributed by atoms with van der Waals surface area (Å²) in [5.74, 6) is 3.83. The van der Waals surface area contributed by atoms with Crippen LogP contribution < -0.4 is 5.73 Å². The zero-order chi connectivity index (χ0) is 20.3. The van der Waals surface area contributed by atoms with E-state index in [1.54, 1.807) is 0 Å². The third kappa shape index (κ3) is 2.96. The summed E-state index contributed by atoms with van der Waals surface area (Å²) in [7, 11) is 1.95. The molecule has 0 radical (unpaired) electrons. The molecule has 4 heteroatoms. The van der Waals surface area contributed by atoms with Crippen molar-refractivity contribution >= 4 is 5.91 Å². The molecule has 9 atom stereocenters. The zero-order valence-corrected chi connectivity index (χ0v) is 18.5. The minimum atomic E-state index is -0.162. The van der Waals surface area contributed by atoms with Crippen LogP contribution in [0, 0.1) is 40.4 Å². The van der Waals surface area contributed by atoms with E-state index in [2.05, 4.69) is 13.8 Å². The smallest absolute Gasteiger partial charge is 0.236 e. The normalized spacial score (nSPS) is 48.9. The summed E-state index contributed by atoms with van der Waals surface area (Å²) in [6.45, 7) is 7.23. The van der Waals surface area contributed by atoms with E-state index >= 15 is 0 Å². The van der Waals surface area contributed by atoms with E-state index < -0.39 is 0 Å². The minimum Gasteiger partial charge on any atom is -0.393 e. The molecule has 4 saturated carbocycles. The second-order valence-electron chi connectivity index (χ2n) is 11.3. The average Bonchev–Trinajstić information content (AvgIpc) is 3.03. The van der Waals surface area contributed by atoms with Gasteiger partial charge in [0.15, 0.2) is 0 Å². The Morgan fingerprint density at radius 3 is 2.43 bits per heavy atom. The molecule has 4 aliphatic carbocycles. The Balaban J connectivity index is 1.51. The molecular formula is C24H42N2O2. The van der Waals surface area contributed by atoms with E-state index in [4.69, 9.17) is 5.73 Å². The summed E-state index contributed by atoms with van der Waals surface area (Å²) in [5, 5.41) is 10.4. The van der Waals surface area contributed by atoms with Crippen molar-refractivity contribution in [3.63, 3.8) is 0 Å². The molecule has 28 heavy (non-hydrogen) atoms. The number of aliphatic hydroxyl groups is 1. The highest BCUT2D eigenvalue weighted by Crippen LogP contribution is 2.67. The van der Waals surface area contributed by atoms with Crippen LogP contribution in [0.15, 0.2) is 0 Å². The van der Waals surface area contributed by atoms with E-state index in [1.165, 1.54) is 51.4 Å². The molecule has 4 rings (SSSR count). The monoisotopic (exact) mass is 390 g/mol. The summed E-state index contributed by atoms with van der Waals surface area (Å²) in [6, 6.07) is 0.380. The number of carbonyl (C=O) groups is 1. The lowest BCUT2D eigenvalue weighted by Crippen LogP contribution is -2.56. The first-order chi connectivity index (χ1) is 13.2. The summed E-state index contributed by atoms with van der Waals surface area (Å²) in [5.41, 5.74) is 6.40. The topological polar surface area (TPSA) is 66.6 Å². The Morgan fingerprint density at radius 1 is 1.07 bits per heavy atom. The van der Waals surface area contributed by atoms with Crippen molar-refractivity contribution in [3.8, 4) is 0 Å². The van der Waals surface area contributed by atoms with E-state index in [-0.39, 0.29) is 18.6 Å². The van der Waals surface area contributed by atoms with Crippen molar-refractivity contribution in [1.29, 1.82) is 0 Å². The van der Waals surface area contributed by atoms with Crippen molar-refractivity contribution in [1.82, 2.24) is 4.90 Å². The van der Waals surface area contributed by atoms with Crippen molar-refractivity contribution in [2.75, 3.05) is 13.6 Å². The number of rotatable bonds is 3. The highest BCUT2D eigenvalue weighted by atomic mass is 16.3. The molecule has 4 nitrogen and oxygen atoms in total. The van der Waals surface area contributed by atoms with Gasteiger partial charge < -0.3 is 15.7 Å². The summed E-state index contributed by atoms with van der Waals surface area (Å²) in [4.78, 5) is 14.0. The maximum absolute atomic E-state index is 12.1. The number of aliphatic hydroxyl groups excluding tert-OH is 1. The van der Waals surface area contributed by atoms with Gasteiger partial charge in [-0.1, -0.05) is 13.8 Å². The van der Waals surface area contributed by atoms with Crippen LogP contribution in [0.2, 0.25) is 0 Å². The quantitative estimate of drug-likeness (QED) is 0.770. The second kappa shape index (κ2) is 7.27. The van der Waals surface area contributed by atoms with Gasteiger partial charge in [-0.3, -0.25) is 4.79 Å². The molecule has 0 saturated heterocycles. The fourth-order valence-corrected chi connectivity index (χ4v) is 8.77. The van der Waals surface area contributed by atoms with Crippen molar-refractivity contribution < 1.29 is 9.90 Å². The molecule has 3 N–H and O–H groups in total. The summed E-state index contributed by atoms with van der Waals surface area (Å²) < 4.78 is 0. The molecule has 0 aliphatic heterocycles. The van der Waals surface area contributed by atoms with Crippen LogP contribution in [0.5, 0.6) is 0 Å². The standard InChI is InChI=1S/C24H42N2O2/c1-15(27)19-7-8-20-18-6-5-16-13-17(26(4)22(28)14-25)9-11-23(16,2)21(18)10-12-24(19,20)3/h15-21,27H,5-14,25H2,1-4H3/t15-,16-,17+,18?,19+,20?,21?,23-,24+/m0/s1. The van der Waals surface area contributed by atoms with Crippen LogP contribution in [0.25, 0.3) is 0 Å². The molecule has 0 aromatic rings. The number of amides is 1. The first-order valence-corrected chi connectivity index (χ1v) is 11.9. The first-order valence-electron chi connectivity index (χ1n) is 11.9. The molecule has 0 spiro atoms. The predicted octanol–water partition coefficient (Wildman–Crippen LogP) is 3.81. The second-order valence-corrected chi connectivity index (χ2v) is 11.3. The fraction of sp³-hybridized carbons (Fsp3) is 0.958. The third-order valence-corrected chi connectivity index (χ3v) is 10.4. The fourth-order valence-electron chi connectivity index (χ4n) is 8.77. The van der Waals surface area contributed by atoms with Crippen LogP contribution in [0.4, 0.5) is 0 Å². The van der Waals surface area contributed by atoms with Gasteiger partial charge in [-0.2, -0.15) is 0 Å². The lowest BCUT2D eigenvalue weighted by Gasteiger charge is -2.61. The average molecular weight is 391 g/mol. The number of likely N-dealkylation sites (N-methyl/N-ethyl adjacent to an activating group) is 1. The molecule has 4 aliphatic rings. The molecule has 3 unspecified atom stereocenters. The Morgan fingerprint density at radius 2 is 1.75 bits per heavy atom. The summed E-state index contributed by atoms with van der Waals surface area (Å²) >= 11 is 0. The van der Waals surface area contributed by atoms with Gasteiger partial charge >= 0.3 is 0 Å². The SMILES string of the molecule is C[C@H](O)[C@H]1CCC2C3CC[C@H]4C[C@H](N(C)C(=O)CN)CC[C@]4(C)C3CC[C@@]21C. The molecule has 0 bridgehead atoms. The van der Waals surface area contributed by atoms with Gasteiger partial charge in [0.2, 0.25) is 5.91 Å². The first kappa shape index (κ1) is 20.7. The minimum absolute atomic E-state index is 0.0887. The molecule has 1 amide bonds. The molecule has 4 fully saturated rings. The Hall–Kier alpha value is -0.610. The van der Waals surface area contributed by atoms with Gasteiger partial charge in [0.25, 0.3) is 0 Å². The molecule has 0 aromatic heterocycles. The van der Waals surface area contributed by atoms with Crippen LogP contribution in [0.3, 0.4) is 0 Å². The van der Waals surface area contributed by atoms with Gasteiger partial charge in [-0.05, 0) is 105 Å². The van der Waals surface area contributed by atoms with Crippen LogP contribution in [-0.2, 0) is 4.79 Å². The maximum atomic E-state index is 12.1. The number of fused-ring (bicyclic) bond motifs is 5. The number of nitrogens with zero attached hydrogens (tertiary/aromatic N) is 1. The number of hydrogen-bond donors (Lipinski definition) is 2. The number of carbonyl (C=O) groups excluding carboxylic acids is 1. The van der Waals surface area contributed by atoms with Crippen molar-refractivity contribution in [2.24, 2.45) is 46.2 Å². The summed E-state index contributed by atoms with van der Waals surface area (Å²) in [6.07, 6.45) is 11.3. The van der Waals surface area contributed by atoms with Crippen LogP contribution in [0.1, 0.15) is 78.6 Å². The van der Waals surface area contributed by atoms with E-state index in [0.29, 0.717) is 22.8 Å². The molecule has 160 valence electrons. The maximum Gasteiger partial charge on any atom is 0.236 e. The lowest BCUT2D eigenvalue weighted by molar-refractivity contribution is -0.141. The van der Waals surface area contributed by atoms with Crippen molar-refractivity contribution in [2.45, 2.75) is 90.7 Å². The van der Waals surface area contributed by atoms with Gasteiger partial charge in [-0.25, -0.2) is 0 Å². The van der Waals surface area contributed by atoms with E-state index in [1.807, 2.05) is 18.9 Å². The van der Waals surface area contributed by atoms with Gasteiger partial charge in [0.1, 0.15) is 0 Å². The van der Waals surface area contributed by atoms with Crippen LogP contribution >= 0.6 is 0 Å². The van der Waals surface area contributed by atoms with Crippen LogP contribution in [-0.4, -0.2) is 41.7 Å². The van der Waals surface area contributed by atoms with Gasteiger partial charge in [0.05, 0.1) is 12.6 Å². The highest BCUT2D eigenvalue weighted by Gasteiger charge is 2.60. The molecule has 0 heterocycles. The van der Waals surface area contributed by atoms with E-state index in [9.17, 15) is 9.90 Å². The lowest BCUT2D eigenvalue weighted by atomic mass is 9.44. The Kier molecular flexibility index (Phi) is 5.36. The molecular weight excluding hydrogens is 348 g/mol. The number of nitrogens with two attached hydrogens (primary N) is 1. The van der Waals surface area contributed by atoms with E-state index in [0.717, 1.165) is 30.1 Å². The largest absolute Gasteiger partial charge is 0.393 e. The predicted molar refractivity (Wildman–Crippen MR) is 113 cm³/mol. The molecule has 0 aromatic carbocycles. The Bertz CT molecular complexity index is 607. The highest BCUT2D eigenvalue weighted by molar-refractivity contribution is 5.78.